The Bertz CT molecular complexity index is 644. The summed E-state index contributed by atoms with van der Waals surface area (Å²) < 4.78 is 5.06. The number of nitrogens with one attached hydrogen (secondary N) is 1. The zero-order valence-electron chi connectivity index (χ0n) is 13.6. The fourth-order valence-corrected chi connectivity index (χ4v) is 1.70. The molecule has 0 spiro atoms. The minimum absolute atomic E-state index is 0.161. The first-order valence-electron chi connectivity index (χ1n) is 7.03. The third-order valence-electron chi connectivity index (χ3n) is 2.69. The number of ketones is 1. The molecule has 1 amide bonds. The van der Waals surface area contributed by atoms with E-state index in [0.29, 0.717) is 5.56 Å². The van der Waals surface area contributed by atoms with Crippen molar-refractivity contribution in [2.45, 2.75) is 33.3 Å². The summed E-state index contributed by atoms with van der Waals surface area (Å²) in [6.07, 6.45) is 2.52. The first-order valence-corrected chi connectivity index (χ1v) is 7.03. The maximum atomic E-state index is 11.5. The second-order valence-corrected chi connectivity index (χ2v) is 5.87. The maximum absolute atomic E-state index is 11.5. The smallest absolute Gasteiger partial charge is 0.407 e. The number of carbonyl (C=O) groups is 2. The number of amides is 1. The maximum Gasteiger partial charge on any atom is 0.407 e. The van der Waals surface area contributed by atoms with E-state index in [1.165, 1.54) is 31.2 Å². The van der Waals surface area contributed by atoms with Gasteiger partial charge in [0.2, 0.25) is 0 Å². The molecule has 0 saturated heterocycles. The molecule has 1 aromatic carbocycles. The van der Waals surface area contributed by atoms with Crippen LogP contribution >= 0.6 is 0 Å². The summed E-state index contributed by atoms with van der Waals surface area (Å²) in [5.41, 5.74) is -0.118. The molecule has 0 unspecified atom stereocenters. The normalized spacial score (nSPS) is 11.3. The molecule has 0 radical (unpaired) electrons. The van der Waals surface area contributed by atoms with Crippen molar-refractivity contribution >= 4 is 23.6 Å². The summed E-state index contributed by atoms with van der Waals surface area (Å²) in [5, 5.41) is 13.6. The van der Waals surface area contributed by atoms with Gasteiger partial charge in [0.1, 0.15) is 5.60 Å². The van der Waals surface area contributed by atoms with Crippen molar-refractivity contribution in [2.24, 2.45) is 0 Å². The van der Waals surface area contributed by atoms with Crippen LogP contribution in [0.15, 0.2) is 24.3 Å². The van der Waals surface area contributed by atoms with Gasteiger partial charge < -0.3 is 10.1 Å². The largest absolute Gasteiger partial charge is 0.444 e. The van der Waals surface area contributed by atoms with Crippen molar-refractivity contribution < 1.29 is 19.2 Å². The van der Waals surface area contributed by atoms with Gasteiger partial charge in [0.25, 0.3) is 5.69 Å². The van der Waals surface area contributed by atoms with E-state index in [0.717, 1.165) is 0 Å². The van der Waals surface area contributed by atoms with E-state index in [2.05, 4.69) is 5.32 Å². The molecule has 124 valence electrons. The molecular formula is C16H20N2O5. The second-order valence-electron chi connectivity index (χ2n) is 5.87. The van der Waals surface area contributed by atoms with Gasteiger partial charge in [0.15, 0.2) is 5.78 Å². The Balaban J connectivity index is 2.75. The minimum atomic E-state index is -0.588. The average Bonchev–Trinajstić information content (AvgIpc) is 2.41. The van der Waals surface area contributed by atoms with Gasteiger partial charge in [-0.1, -0.05) is 18.2 Å². The van der Waals surface area contributed by atoms with Crippen molar-refractivity contribution in [3.05, 3.63) is 45.5 Å². The Morgan fingerprint density at radius 2 is 2.00 bits per heavy atom. The van der Waals surface area contributed by atoms with E-state index in [1.54, 1.807) is 26.8 Å². The fourth-order valence-electron chi connectivity index (χ4n) is 1.70. The molecule has 0 heterocycles. The number of nitrogens with zero attached hydrogens (tertiary/aromatic N) is 1. The SMILES string of the molecule is CC(=O)c1ccc(C=CCNC(=O)OC(C)(C)C)c([N+](=O)[O-])c1. The lowest BCUT2D eigenvalue weighted by molar-refractivity contribution is -0.385. The number of hydrogen-bond acceptors (Lipinski definition) is 5. The Labute approximate surface area is 134 Å². The Morgan fingerprint density at radius 3 is 2.52 bits per heavy atom. The van der Waals surface area contributed by atoms with Crippen LogP contribution in [0.5, 0.6) is 0 Å². The van der Waals surface area contributed by atoms with E-state index in [4.69, 9.17) is 4.74 Å². The molecule has 7 heteroatoms. The second kappa shape index (κ2) is 7.53. The number of Topliss-reactive ketones (excluding diaryl/α,β-unsaturated/α-hetero) is 1. The van der Waals surface area contributed by atoms with Crippen LogP contribution in [0.4, 0.5) is 10.5 Å². The molecule has 0 bridgehead atoms. The van der Waals surface area contributed by atoms with E-state index < -0.39 is 16.6 Å². The summed E-state index contributed by atoms with van der Waals surface area (Å²) in [6, 6.07) is 4.26. The summed E-state index contributed by atoms with van der Waals surface area (Å²) in [6.45, 7) is 6.77. The van der Waals surface area contributed by atoms with Crippen molar-refractivity contribution in [1.82, 2.24) is 5.32 Å². The molecule has 0 aromatic heterocycles. The fraction of sp³-hybridized carbons (Fsp3) is 0.375. The number of nitro benzene ring substituents is 1. The first kappa shape index (κ1) is 18.3. The van der Waals surface area contributed by atoms with Gasteiger partial charge >= 0.3 is 6.09 Å². The Hall–Kier alpha value is -2.70. The average molecular weight is 320 g/mol. The molecule has 0 fully saturated rings. The molecule has 0 atom stereocenters. The highest BCUT2D eigenvalue weighted by molar-refractivity contribution is 5.95. The molecule has 0 aliphatic carbocycles. The minimum Gasteiger partial charge on any atom is -0.444 e. The molecular weight excluding hydrogens is 300 g/mol. The van der Waals surface area contributed by atoms with Gasteiger partial charge in [-0.25, -0.2) is 4.79 Å². The number of rotatable bonds is 5. The van der Waals surface area contributed by atoms with Gasteiger partial charge in [-0.3, -0.25) is 14.9 Å². The van der Waals surface area contributed by atoms with E-state index in [-0.39, 0.29) is 23.6 Å². The highest BCUT2D eigenvalue weighted by Gasteiger charge is 2.16. The van der Waals surface area contributed by atoms with Crippen LogP contribution < -0.4 is 5.32 Å². The van der Waals surface area contributed by atoms with Crippen LogP contribution in [-0.4, -0.2) is 28.9 Å². The molecule has 1 N–H and O–H groups in total. The quantitative estimate of drug-likeness (QED) is 0.509. The highest BCUT2D eigenvalue weighted by atomic mass is 16.6. The summed E-state index contributed by atoms with van der Waals surface area (Å²) in [5.74, 6) is -0.241. The highest BCUT2D eigenvalue weighted by Crippen LogP contribution is 2.22. The van der Waals surface area contributed by atoms with E-state index in [9.17, 15) is 19.7 Å². The van der Waals surface area contributed by atoms with E-state index >= 15 is 0 Å². The van der Waals surface area contributed by atoms with Crippen molar-refractivity contribution in [3.63, 3.8) is 0 Å². The molecule has 7 nitrogen and oxygen atoms in total. The predicted octanol–water partition coefficient (Wildman–Crippen LogP) is 3.34. The molecule has 23 heavy (non-hydrogen) atoms. The number of hydrogen-bond donors (Lipinski definition) is 1. The first-order chi connectivity index (χ1) is 10.6. The lowest BCUT2D eigenvalue weighted by atomic mass is 10.1. The molecule has 0 aliphatic rings. The zero-order chi connectivity index (χ0) is 17.6. The van der Waals surface area contributed by atoms with Gasteiger partial charge in [-0.15, -0.1) is 0 Å². The Morgan fingerprint density at radius 1 is 1.35 bits per heavy atom. The summed E-state index contributed by atoms with van der Waals surface area (Å²) >= 11 is 0. The summed E-state index contributed by atoms with van der Waals surface area (Å²) in [4.78, 5) is 33.2. The number of nitro groups is 1. The van der Waals surface area contributed by atoms with Crippen molar-refractivity contribution in [2.75, 3.05) is 6.54 Å². The molecule has 1 rings (SSSR count). The van der Waals surface area contributed by atoms with Crippen molar-refractivity contribution in [1.29, 1.82) is 0 Å². The Kier molecular flexibility index (Phi) is 6.01. The number of alkyl carbamates (subject to hydrolysis) is 1. The topological polar surface area (TPSA) is 98.5 Å². The van der Waals surface area contributed by atoms with Crippen LogP contribution in [-0.2, 0) is 4.74 Å². The number of benzene rings is 1. The molecule has 0 saturated carbocycles. The monoisotopic (exact) mass is 320 g/mol. The lowest BCUT2D eigenvalue weighted by Crippen LogP contribution is -2.32. The van der Waals surface area contributed by atoms with Gasteiger partial charge in [-0.2, -0.15) is 0 Å². The number of ether oxygens (including phenoxy) is 1. The van der Waals surface area contributed by atoms with Gasteiger partial charge in [0.05, 0.1) is 10.5 Å². The van der Waals surface area contributed by atoms with Gasteiger partial charge in [-0.05, 0) is 33.8 Å². The summed E-state index contributed by atoms with van der Waals surface area (Å²) in [7, 11) is 0. The van der Waals surface area contributed by atoms with Gasteiger partial charge in [0, 0.05) is 18.2 Å². The van der Waals surface area contributed by atoms with Crippen LogP contribution in [0.3, 0.4) is 0 Å². The third-order valence-corrected chi connectivity index (χ3v) is 2.69. The third kappa shape index (κ3) is 6.29. The van der Waals surface area contributed by atoms with Crippen molar-refractivity contribution in [3.8, 4) is 0 Å². The molecule has 1 aromatic rings. The number of carbonyl (C=O) groups excluding carboxylic acids is 2. The van der Waals surface area contributed by atoms with E-state index in [1.807, 2.05) is 0 Å². The van der Waals surface area contributed by atoms with Crippen LogP contribution in [0.25, 0.3) is 6.08 Å². The van der Waals surface area contributed by atoms with Crippen LogP contribution in [0.2, 0.25) is 0 Å². The standard InChI is InChI=1S/C16H20N2O5/c1-11(19)13-8-7-12(14(10-13)18(21)22)6-5-9-17-15(20)23-16(2,3)4/h5-8,10H,9H2,1-4H3,(H,17,20). The van der Waals surface area contributed by atoms with Crippen LogP contribution in [0, 0.1) is 10.1 Å². The van der Waals surface area contributed by atoms with Crippen LogP contribution in [0.1, 0.15) is 43.6 Å². The zero-order valence-corrected chi connectivity index (χ0v) is 13.6. The molecule has 0 aliphatic heterocycles. The lowest BCUT2D eigenvalue weighted by Gasteiger charge is -2.19. The predicted molar refractivity (Wildman–Crippen MR) is 86.4 cm³/mol.